The first-order valence-corrected chi connectivity index (χ1v) is 6.48. The van der Waals surface area contributed by atoms with E-state index in [1.807, 2.05) is 0 Å². The second-order valence-corrected chi connectivity index (χ2v) is 5.06. The van der Waals surface area contributed by atoms with Crippen LogP contribution >= 0.6 is 0 Å². The molecule has 10 heteroatoms. The van der Waals surface area contributed by atoms with Crippen molar-refractivity contribution in [1.29, 1.82) is 0 Å². The third kappa shape index (κ3) is 5.38. The molecule has 96 valence electrons. The first-order chi connectivity index (χ1) is 7.90. The summed E-state index contributed by atoms with van der Waals surface area (Å²) in [4.78, 5) is 11.3. The van der Waals surface area contributed by atoms with E-state index in [1.165, 1.54) is 4.68 Å². The largest absolute Gasteiger partial charge is 0.353 e. The molecule has 0 atom stereocenters. The minimum atomic E-state index is -3.56. The number of rotatable bonds is 6. The van der Waals surface area contributed by atoms with E-state index in [-0.39, 0.29) is 31.3 Å². The van der Waals surface area contributed by atoms with Crippen LogP contribution in [0.25, 0.3) is 0 Å². The SMILES string of the molecule is NCc1cn(CC(=O)NCCS(N)(=O)=O)nn1. The second-order valence-electron chi connectivity index (χ2n) is 3.33. The van der Waals surface area contributed by atoms with Crippen LogP contribution in [0, 0.1) is 0 Å². The van der Waals surface area contributed by atoms with Crippen molar-refractivity contribution in [1.82, 2.24) is 20.3 Å². The van der Waals surface area contributed by atoms with Gasteiger partial charge in [0.1, 0.15) is 6.54 Å². The first-order valence-electron chi connectivity index (χ1n) is 4.77. The van der Waals surface area contributed by atoms with Crippen molar-refractivity contribution in [3.05, 3.63) is 11.9 Å². The van der Waals surface area contributed by atoms with Crippen molar-refractivity contribution in [3.63, 3.8) is 0 Å². The van der Waals surface area contributed by atoms with E-state index in [0.29, 0.717) is 5.69 Å². The van der Waals surface area contributed by atoms with Crippen LogP contribution in [-0.4, -0.2) is 41.6 Å². The smallest absolute Gasteiger partial charge is 0.241 e. The van der Waals surface area contributed by atoms with Gasteiger partial charge in [0.05, 0.1) is 17.6 Å². The minimum absolute atomic E-state index is 0.0316. The number of carbonyl (C=O) groups excluding carboxylic acids is 1. The molecule has 0 fully saturated rings. The summed E-state index contributed by atoms with van der Waals surface area (Å²) in [6.45, 7) is 0.167. The van der Waals surface area contributed by atoms with E-state index in [4.69, 9.17) is 10.9 Å². The van der Waals surface area contributed by atoms with Gasteiger partial charge in [0.15, 0.2) is 0 Å². The fourth-order valence-electron chi connectivity index (χ4n) is 1.05. The molecule has 17 heavy (non-hydrogen) atoms. The Kier molecular flexibility index (Phi) is 4.54. The van der Waals surface area contributed by atoms with Crippen LogP contribution in [-0.2, 0) is 27.9 Å². The number of nitrogens with one attached hydrogen (secondary N) is 1. The van der Waals surface area contributed by atoms with Gasteiger partial charge in [-0.15, -0.1) is 5.10 Å². The average molecular weight is 262 g/mol. The fraction of sp³-hybridized carbons (Fsp3) is 0.571. The van der Waals surface area contributed by atoms with Crippen LogP contribution in [0.1, 0.15) is 5.69 Å². The maximum atomic E-state index is 11.3. The van der Waals surface area contributed by atoms with Crippen molar-refractivity contribution in [2.75, 3.05) is 12.3 Å². The molecule has 0 aliphatic rings. The van der Waals surface area contributed by atoms with Crippen molar-refractivity contribution in [2.45, 2.75) is 13.1 Å². The van der Waals surface area contributed by atoms with Gasteiger partial charge in [0, 0.05) is 13.1 Å². The van der Waals surface area contributed by atoms with Gasteiger partial charge in [-0.05, 0) is 0 Å². The standard InChI is InChI=1S/C7H14N6O3S/c8-3-6-4-13(12-11-6)5-7(14)10-1-2-17(9,15)16/h4H,1-3,5,8H2,(H,10,14)(H2,9,15,16). The highest BCUT2D eigenvalue weighted by atomic mass is 32.2. The lowest BCUT2D eigenvalue weighted by molar-refractivity contribution is -0.121. The van der Waals surface area contributed by atoms with Crippen LogP contribution < -0.4 is 16.2 Å². The zero-order chi connectivity index (χ0) is 12.9. The molecule has 0 radical (unpaired) electrons. The molecule has 0 spiro atoms. The van der Waals surface area contributed by atoms with Crippen molar-refractivity contribution >= 4 is 15.9 Å². The molecule has 1 heterocycles. The Labute approximate surface area is 98.2 Å². The molecule has 1 rings (SSSR count). The van der Waals surface area contributed by atoms with E-state index in [0.717, 1.165) is 0 Å². The lowest BCUT2D eigenvalue weighted by Crippen LogP contribution is -2.33. The molecule has 0 bridgehead atoms. The summed E-state index contributed by atoms with van der Waals surface area (Å²) >= 11 is 0. The number of hydrogen-bond acceptors (Lipinski definition) is 6. The predicted octanol–water partition coefficient (Wildman–Crippen LogP) is -2.86. The summed E-state index contributed by atoms with van der Waals surface area (Å²) in [6.07, 6.45) is 1.54. The average Bonchev–Trinajstić information content (AvgIpc) is 2.63. The molecule has 0 unspecified atom stereocenters. The lowest BCUT2D eigenvalue weighted by atomic mass is 10.5. The summed E-state index contributed by atoms with van der Waals surface area (Å²) in [5, 5.41) is 14.5. The third-order valence-corrected chi connectivity index (χ3v) is 2.58. The van der Waals surface area contributed by atoms with Crippen molar-refractivity contribution < 1.29 is 13.2 Å². The summed E-state index contributed by atoms with van der Waals surface area (Å²) in [5.74, 6) is -0.674. The molecule has 0 saturated carbocycles. The number of amides is 1. The number of sulfonamides is 1. The fourth-order valence-corrected chi connectivity index (χ4v) is 1.43. The summed E-state index contributed by atoms with van der Waals surface area (Å²) in [7, 11) is -3.56. The molecule has 0 aliphatic heterocycles. The number of aromatic nitrogens is 3. The van der Waals surface area contributed by atoms with E-state index in [2.05, 4.69) is 15.6 Å². The molecule has 9 nitrogen and oxygen atoms in total. The summed E-state index contributed by atoms with van der Waals surface area (Å²) < 4.78 is 22.5. The van der Waals surface area contributed by atoms with Crippen LogP contribution in [0.4, 0.5) is 0 Å². The highest BCUT2D eigenvalue weighted by molar-refractivity contribution is 7.89. The molecule has 1 aromatic heterocycles. The van der Waals surface area contributed by atoms with Crippen molar-refractivity contribution in [3.8, 4) is 0 Å². The Morgan fingerprint density at radius 1 is 1.53 bits per heavy atom. The molecule has 1 aromatic rings. The van der Waals surface area contributed by atoms with Crippen LogP contribution in [0.5, 0.6) is 0 Å². The maximum absolute atomic E-state index is 11.3. The molecular weight excluding hydrogens is 248 g/mol. The third-order valence-electron chi connectivity index (χ3n) is 1.81. The predicted molar refractivity (Wildman–Crippen MR) is 58.9 cm³/mol. The molecule has 5 N–H and O–H groups in total. The number of nitrogens with zero attached hydrogens (tertiary/aromatic N) is 3. The van der Waals surface area contributed by atoms with E-state index < -0.39 is 10.0 Å². The van der Waals surface area contributed by atoms with Crippen LogP contribution in [0.2, 0.25) is 0 Å². The van der Waals surface area contributed by atoms with E-state index in [1.54, 1.807) is 6.20 Å². The first kappa shape index (κ1) is 13.5. The van der Waals surface area contributed by atoms with Crippen LogP contribution in [0.3, 0.4) is 0 Å². The number of primary sulfonamides is 1. The van der Waals surface area contributed by atoms with Gasteiger partial charge in [0.25, 0.3) is 0 Å². The Balaban J connectivity index is 2.34. The van der Waals surface area contributed by atoms with Gasteiger partial charge in [0.2, 0.25) is 15.9 Å². The Bertz CT molecular complexity index is 482. The van der Waals surface area contributed by atoms with Gasteiger partial charge in [-0.1, -0.05) is 5.21 Å². The molecule has 1 amide bonds. The minimum Gasteiger partial charge on any atom is -0.353 e. The van der Waals surface area contributed by atoms with Gasteiger partial charge in [-0.2, -0.15) is 0 Å². The summed E-state index contributed by atoms with van der Waals surface area (Å²) in [5.41, 5.74) is 5.90. The molecular formula is C7H14N6O3S. The number of hydrogen-bond donors (Lipinski definition) is 3. The summed E-state index contributed by atoms with van der Waals surface area (Å²) in [6, 6.07) is 0. The van der Waals surface area contributed by atoms with Crippen molar-refractivity contribution in [2.24, 2.45) is 10.9 Å². The quantitative estimate of drug-likeness (QED) is 0.502. The molecule has 0 aromatic carbocycles. The normalized spacial score (nSPS) is 11.4. The van der Waals surface area contributed by atoms with Gasteiger partial charge in [-0.3, -0.25) is 4.79 Å². The topological polar surface area (TPSA) is 146 Å². The number of nitrogens with two attached hydrogens (primary N) is 2. The monoisotopic (exact) mass is 262 g/mol. The zero-order valence-corrected chi connectivity index (χ0v) is 9.85. The van der Waals surface area contributed by atoms with Gasteiger partial charge in [-0.25, -0.2) is 18.2 Å². The second kappa shape index (κ2) is 5.70. The highest BCUT2D eigenvalue weighted by Gasteiger charge is 2.07. The molecule has 0 saturated heterocycles. The Hall–Kier alpha value is -1.52. The van der Waals surface area contributed by atoms with Crippen LogP contribution in [0.15, 0.2) is 6.20 Å². The Morgan fingerprint density at radius 2 is 2.24 bits per heavy atom. The van der Waals surface area contributed by atoms with E-state index >= 15 is 0 Å². The van der Waals surface area contributed by atoms with Gasteiger partial charge < -0.3 is 11.1 Å². The molecule has 0 aliphatic carbocycles. The maximum Gasteiger partial charge on any atom is 0.241 e. The van der Waals surface area contributed by atoms with E-state index in [9.17, 15) is 13.2 Å². The lowest BCUT2D eigenvalue weighted by Gasteiger charge is -2.03. The van der Waals surface area contributed by atoms with Gasteiger partial charge >= 0.3 is 0 Å². The Morgan fingerprint density at radius 3 is 2.76 bits per heavy atom. The highest BCUT2D eigenvalue weighted by Crippen LogP contribution is 1.90. The zero-order valence-electron chi connectivity index (χ0n) is 9.04. The number of carbonyl (C=O) groups is 1.